The van der Waals surface area contributed by atoms with Gasteiger partial charge in [0.1, 0.15) is 12.3 Å². The molecule has 0 fully saturated rings. The van der Waals surface area contributed by atoms with Crippen LogP contribution in [0.5, 0.6) is 11.8 Å². The van der Waals surface area contributed by atoms with E-state index in [1.807, 2.05) is 0 Å². The van der Waals surface area contributed by atoms with Crippen LogP contribution in [0.1, 0.15) is 13.3 Å². The van der Waals surface area contributed by atoms with Gasteiger partial charge in [-0.15, -0.1) is 12.4 Å². The highest BCUT2D eigenvalue weighted by atomic mass is 35.5. The summed E-state index contributed by atoms with van der Waals surface area (Å²) >= 11 is 0. The second-order valence-electron chi connectivity index (χ2n) is 6.30. The van der Waals surface area contributed by atoms with E-state index < -0.39 is 10.0 Å². The molecule has 0 bridgehead atoms. The van der Waals surface area contributed by atoms with Crippen molar-refractivity contribution < 1.29 is 22.3 Å². The molecule has 0 unspecified atom stereocenters. The summed E-state index contributed by atoms with van der Waals surface area (Å²) in [6.07, 6.45) is 3.92. The first-order valence-electron chi connectivity index (χ1n) is 9.44. The summed E-state index contributed by atoms with van der Waals surface area (Å²) in [5, 5.41) is 3.22. The van der Waals surface area contributed by atoms with Crippen molar-refractivity contribution in [2.24, 2.45) is 0 Å². The third kappa shape index (κ3) is 6.58. The number of sulfonamides is 1. The van der Waals surface area contributed by atoms with Gasteiger partial charge in [-0.2, -0.15) is 4.98 Å². The molecule has 3 rings (SSSR count). The number of ether oxygens (including phenoxy) is 2. The predicted octanol–water partition coefficient (Wildman–Crippen LogP) is 3.35. The molecular formula is C20H25ClN4O5S. The minimum Gasteiger partial charge on any atom is -0.479 e. The Morgan fingerprint density at radius 2 is 1.87 bits per heavy atom. The average Bonchev–Trinajstić information content (AvgIpc) is 3.29. The molecule has 2 aromatic heterocycles. The van der Waals surface area contributed by atoms with Gasteiger partial charge in [0.2, 0.25) is 11.8 Å². The molecule has 1 aromatic carbocycles. The maximum absolute atomic E-state index is 12.8. The maximum Gasteiger partial charge on any atom is 0.262 e. The molecule has 0 atom stereocenters. The minimum atomic E-state index is -3.84. The highest BCUT2D eigenvalue weighted by Crippen LogP contribution is 2.28. The lowest BCUT2D eigenvalue weighted by atomic mass is 10.2. The SMILES string of the molecule is CCCNCCOc1ccc(NS(=O)(=O)c2ccc(-c3cnco3)cc2)c(OC)n1.Cl. The number of pyridine rings is 1. The third-order valence-electron chi connectivity index (χ3n) is 4.11. The first kappa shape index (κ1) is 24.4. The van der Waals surface area contributed by atoms with Crippen LogP contribution in [0.25, 0.3) is 11.3 Å². The molecule has 0 aliphatic heterocycles. The second kappa shape index (κ2) is 11.5. The van der Waals surface area contributed by atoms with E-state index in [-0.39, 0.29) is 28.9 Å². The van der Waals surface area contributed by atoms with Crippen LogP contribution in [-0.2, 0) is 10.0 Å². The Morgan fingerprint density at radius 1 is 1.10 bits per heavy atom. The van der Waals surface area contributed by atoms with Gasteiger partial charge in [0, 0.05) is 18.2 Å². The summed E-state index contributed by atoms with van der Waals surface area (Å²) in [4.78, 5) is 8.16. The molecule has 0 aliphatic rings. The van der Waals surface area contributed by atoms with Gasteiger partial charge >= 0.3 is 0 Å². The molecule has 2 N–H and O–H groups in total. The summed E-state index contributed by atoms with van der Waals surface area (Å²) in [5.41, 5.74) is 0.939. The van der Waals surface area contributed by atoms with Gasteiger partial charge in [-0.25, -0.2) is 13.4 Å². The van der Waals surface area contributed by atoms with E-state index in [1.54, 1.807) is 30.5 Å². The number of benzene rings is 1. The monoisotopic (exact) mass is 468 g/mol. The largest absolute Gasteiger partial charge is 0.479 e. The van der Waals surface area contributed by atoms with Crippen LogP contribution < -0.4 is 19.5 Å². The van der Waals surface area contributed by atoms with E-state index >= 15 is 0 Å². The summed E-state index contributed by atoms with van der Waals surface area (Å²) in [7, 11) is -2.42. The van der Waals surface area contributed by atoms with Gasteiger partial charge in [-0.3, -0.25) is 4.72 Å². The summed E-state index contributed by atoms with van der Waals surface area (Å²) in [6.45, 7) is 4.14. The minimum absolute atomic E-state index is 0. The van der Waals surface area contributed by atoms with Crippen molar-refractivity contribution in [1.29, 1.82) is 0 Å². The average molecular weight is 469 g/mol. The van der Waals surface area contributed by atoms with Gasteiger partial charge in [-0.1, -0.05) is 6.92 Å². The number of nitrogens with one attached hydrogen (secondary N) is 2. The van der Waals surface area contributed by atoms with E-state index in [9.17, 15) is 8.42 Å². The number of halogens is 1. The number of anilines is 1. The van der Waals surface area contributed by atoms with E-state index in [0.717, 1.165) is 18.5 Å². The molecule has 0 radical (unpaired) electrons. The van der Waals surface area contributed by atoms with Crippen molar-refractivity contribution in [1.82, 2.24) is 15.3 Å². The quantitative estimate of drug-likeness (QED) is 0.411. The van der Waals surface area contributed by atoms with Crippen LogP contribution in [0.15, 0.2) is 58.3 Å². The van der Waals surface area contributed by atoms with Crippen LogP contribution in [0, 0.1) is 0 Å². The Hall–Kier alpha value is -2.82. The molecule has 0 saturated carbocycles. The fourth-order valence-electron chi connectivity index (χ4n) is 2.63. The highest BCUT2D eigenvalue weighted by Gasteiger charge is 2.18. The lowest BCUT2D eigenvalue weighted by Gasteiger charge is -2.13. The van der Waals surface area contributed by atoms with Crippen molar-refractivity contribution in [3.05, 3.63) is 49.0 Å². The number of methoxy groups -OCH3 is 1. The Morgan fingerprint density at radius 3 is 2.52 bits per heavy atom. The van der Waals surface area contributed by atoms with Gasteiger partial charge < -0.3 is 19.2 Å². The number of rotatable bonds is 11. The molecule has 2 heterocycles. The fraction of sp³-hybridized carbons (Fsp3) is 0.300. The van der Waals surface area contributed by atoms with Crippen molar-refractivity contribution in [3.63, 3.8) is 0 Å². The van der Waals surface area contributed by atoms with Crippen molar-refractivity contribution in [3.8, 4) is 23.1 Å². The number of aromatic nitrogens is 2. The van der Waals surface area contributed by atoms with Gasteiger partial charge in [-0.05, 0) is 43.3 Å². The van der Waals surface area contributed by atoms with Crippen molar-refractivity contribution >= 4 is 28.1 Å². The molecule has 3 aromatic rings. The maximum atomic E-state index is 12.8. The molecule has 9 nitrogen and oxygen atoms in total. The van der Waals surface area contributed by atoms with Crippen LogP contribution in [0.2, 0.25) is 0 Å². The lowest BCUT2D eigenvalue weighted by Crippen LogP contribution is -2.21. The predicted molar refractivity (Wildman–Crippen MR) is 119 cm³/mol. The molecule has 0 saturated heterocycles. The van der Waals surface area contributed by atoms with Gasteiger partial charge in [0.05, 0.1) is 18.2 Å². The Labute approximate surface area is 187 Å². The first-order chi connectivity index (χ1) is 14.5. The number of hydrogen-bond acceptors (Lipinski definition) is 8. The van der Waals surface area contributed by atoms with Crippen LogP contribution in [-0.4, -0.2) is 45.2 Å². The topological polar surface area (TPSA) is 116 Å². The van der Waals surface area contributed by atoms with Crippen LogP contribution in [0.3, 0.4) is 0 Å². The Bertz CT molecular complexity index is 1040. The molecule has 0 spiro atoms. The zero-order chi connectivity index (χ0) is 21.4. The summed E-state index contributed by atoms with van der Waals surface area (Å²) < 4.78 is 44.0. The van der Waals surface area contributed by atoms with Crippen molar-refractivity contribution in [2.75, 3.05) is 31.5 Å². The van der Waals surface area contributed by atoms with Crippen LogP contribution >= 0.6 is 12.4 Å². The summed E-state index contributed by atoms with van der Waals surface area (Å²) in [6, 6.07) is 9.41. The second-order valence-corrected chi connectivity index (χ2v) is 7.98. The molecule has 0 aliphatic carbocycles. The molecule has 0 amide bonds. The fourth-order valence-corrected chi connectivity index (χ4v) is 3.68. The Balaban J connectivity index is 0.00000341. The van der Waals surface area contributed by atoms with Crippen molar-refractivity contribution in [2.45, 2.75) is 18.2 Å². The standard InChI is InChI=1S/C20H24N4O5S.ClH/c1-3-10-21-11-12-28-19-9-8-17(20(23-19)27-2)24-30(25,26)16-6-4-15(5-7-16)18-13-22-14-29-18;/h4-9,13-14,21,24H,3,10-12H2,1-2H3;1H. The third-order valence-corrected chi connectivity index (χ3v) is 5.49. The summed E-state index contributed by atoms with van der Waals surface area (Å²) in [5.74, 6) is 1.03. The Kier molecular flexibility index (Phi) is 9.10. The lowest BCUT2D eigenvalue weighted by molar-refractivity contribution is 0.296. The van der Waals surface area contributed by atoms with E-state index in [2.05, 4.69) is 26.9 Å². The molecular weight excluding hydrogens is 444 g/mol. The normalized spacial score (nSPS) is 10.9. The number of nitrogens with zero attached hydrogens (tertiary/aromatic N) is 2. The highest BCUT2D eigenvalue weighted by molar-refractivity contribution is 7.92. The number of hydrogen-bond donors (Lipinski definition) is 2. The van der Waals surface area contributed by atoms with Gasteiger partial charge in [0.25, 0.3) is 10.0 Å². The van der Waals surface area contributed by atoms with E-state index in [0.29, 0.717) is 24.8 Å². The molecule has 11 heteroatoms. The molecule has 31 heavy (non-hydrogen) atoms. The van der Waals surface area contributed by atoms with E-state index in [4.69, 9.17) is 13.9 Å². The smallest absolute Gasteiger partial charge is 0.262 e. The van der Waals surface area contributed by atoms with Gasteiger partial charge in [0.15, 0.2) is 12.2 Å². The van der Waals surface area contributed by atoms with Crippen LogP contribution in [0.4, 0.5) is 5.69 Å². The number of oxazole rings is 1. The zero-order valence-corrected chi connectivity index (χ0v) is 18.8. The zero-order valence-electron chi connectivity index (χ0n) is 17.2. The first-order valence-corrected chi connectivity index (χ1v) is 10.9. The molecule has 168 valence electrons. The van der Waals surface area contributed by atoms with E-state index in [1.165, 1.54) is 25.6 Å².